The number of aryl methyl sites for hydroxylation is 1. The zero-order valence-electron chi connectivity index (χ0n) is 36.3. The Morgan fingerprint density at radius 2 is 1.62 bits per heavy atom. The molecule has 8 rings (SSSR count). The van der Waals surface area contributed by atoms with Gasteiger partial charge in [-0.3, -0.25) is 44.0 Å². The maximum absolute atomic E-state index is 13.2. The second-order valence-corrected chi connectivity index (χ2v) is 16.7. The number of hydrogen-bond acceptors (Lipinski definition) is 11. The van der Waals surface area contributed by atoms with Crippen LogP contribution in [0.2, 0.25) is 0 Å². The third-order valence-corrected chi connectivity index (χ3v) is 12.1. The van der Waals surface area contributed by atoms with Crippen molar-refractivity contribution < 1.29 is 28.8 Å². The first kappa shape index (κ1) is 44.3. The maximum atomic E-state index is 13.2. The Morgan fingerprint density at radius 3 is 2.38 bits per heavy atom. The van der Waals surface area contributed by atoms with E-state index in [1.54, 1.807) is 36.8 Å². The summed E-state index contributed by atoms with van der Waals surface area (Å²) in [5.74, 6) is -0.882. The van der Waals surface area contributed by atoms with Gasteiger partial charge < -0.3 is 25.8 Å². The van der Waals surface area contributed by atoms with Gasteiger partial charge in [0.05, 0.1) is 5.69 Å². The average molecular weight is 877 g/mol. The summed E-state index contributed by atoms with van der Waals surface area (Å²) in [5, 5.41) is 11.5. The maximum Gasteiger partial charge on any atom is 0.255 e. The van der Waals surface area contributed by atoms with Gasteiger partial charge in [-0.05, 0) is 91.9 Å². The number of imide groups is 1. The Kier molecular flexibility index (Phi) is 13.9. The SMILES string of the molecule is Cc1ccc(NC(=O)c2ccc(CN3CCN(C(=O)CCCCCCC(=O)Nc4cccc5c4CN(C4CCC(=O)NC4=O)C5=O)CC3)cc2)cc1Nc1nccc(-c2cccnc2)n1. The van der Waals surface area contributed by atoms with Crippen LogP contribution in [-0.4, -0.2) is 97.3 Å². The number of piperazine rings is 1. The smallest absolute Gasteiger partial charge is 0.255 e. The van der Waals surface area contributed by atoms with E-state index in [9.17, 15) is 28.8 Å². The number of amides is 6. The molecule has 3 aliphatic heterocycles. The Morgan fingerprint density at radius 1 is 0.815 bits per heavy atom. The highest BCUT2D eigenvalue weighted by Gasteiger charge is 2.40. The first-order valence-electron chi connectivity index (χ1n) is 22.2. The minimum Gasteiger partial charge on any atom is -0.340 e. The fourth-order valence-corrected chi connectivity index (χ4v) is 8.42. The molecule has 3 aliphatic rings. The molecule has 0 saturated carbocycles. The number of carbonyl (C=O) groups excluding carboxylic acids is 6. The lowest BCUT2D eigenvalue weighted by molar-refractivity contribution is -0.137. The number of aromatic nitrogens is 3. The Labute approximate surface area is 377 Å². The molecule has 334 valence electrons. The van der Waals surface area contributed by atoms with Gasteiger partial charge in [0.1, 0.15) is 6.04 Å². The molecule has 2 aromatic heterocycles. The second kappa shape index (κ2) is 20.5. The van der Waals surface area contributed by atoms with E-state index in [1.807, 2.05) is 72.5 Å². The highest BCUT2D eigenvalue weighted by molar-refractivity contribution is 6.07. The van der Waals surface area contributed by atoms with Crippen molar-refractivity contribution in [2.75, 3.05) is 42.1 Å². The molecule has 2 saturated heterocycles. The Hall–Kier alpha value is -7.33. The van der Waals surface area contributed by atoms with Gasteiger partial charge >= 0.3 is 0 Å². The number of rotatable bonds is 16. The Bertz CT molecular complexity index is 2580. The van der Waals surface area contributed by atoms with Crippen molar-refractivity contribution in [2.24, 2.45) is 0 Å². The summed E-state index contributed by atoms with van der Waals surface area (Å²) >= 11 is 0. The van der Waals surface area contributed by atoms with Crippen LogP contribution >= 0.6 is 0 Å². The van der Waals surface area contributed by atoms with Crippen molar-refractivity contribution >= 4 is 58.5 Å². The Balaban J connectivity index is 0.713. The number of fused-ring (bicyclic) bond motifs is 1. The fourth-order valence-electron chi connectivity index (χ4n) is 8.42. The number of hydrogen-bond donors (Lipinski definition) is 4. The van der Waals surface area contributed by atoms with Gasteiger partial charge in [-0.2, -0.15) is 0 Å². The zero-order valence-corrected chi connectivity index (χ0v) is 36.3. The average Bonchev–Trinajstić information content (AvgIpc) is 3.65. The van der Waals surface area contributed by atoms with Crippen molar-refractivity contribution in [2.45, 2.75) is 77.4 Å². The molecule has 0 aliphatic carbocycles. The van der Waals surface area contributed by atoms with E-state index in [0.717, 1.165) is 67.0 Å². The van der Waals surface area contributed by atoms with Crippen molar-refractivity contribution in [1.82, 2.24) is 35.0 Å². The molecule has 0 radical (unpaired) electrons. The predicted molar refractivity (Wildman–Crippen MR) is 245 cm³/mol. The molecule has 65 heavy (non-hydrogen) atoms. The summed E-state index contributed by atoms with van der Waals surface area (Å²) in [4.78, 5) is 95.1. The first-order valence-corrected chi connectivity index (χ1v) is 22.2. The van der Waals surface area contributed by atoms with Crippen LogP contribution < -0.4 is 21.3 Å². The number of pyridine rings is 1. The number of unbranched alkanes of at least 4 members (excludes halogenated alkanes) is 3. The minimum absolute atomic E-state index is 0.149. The van der Waals surface area contributed by atoms with Crippen LogP contribution in [0.25, 0.3) is 11.3 Å². The van der Waals surface area contributed by atoms with Crippen molar-refractivity contribution in [3.05, 3.63) is 125 Å². The van der Waals surface area contributed by atoms with E-state index in [0.29, 0.717) is 66.4 Å². The lowest BCUT2D eigenvalue weighted by atomic mass is 10.0. The summed E-state index contributed by atoms with van der Waals surface area (Å²) in [6.07, 6.45) is 9.47. The molecule has 3 aromatic carbocycles. The number of piperidine rings is 1. The van der Waals surface area contributed by atoms with Crippen LogP contribution in [0.5, 0.6) is 0 Å². The minimum atomic E-state index is -0.719. The summed E-state index contributed by atoms with van der Waals surface area (Å²) in [6, 6.07) is 23.3. The predicted octanol–water partition coefficient (Wildman–Crippen LogP) is 6.23. The van der Waals surface area contributed by atoms with Crippen LogP contribution in [0.4, 0.5) is 23.0 Å². The standard InChI is InChI=1S/C49H52N10O6/c1-32-13-18-36(28-41(32)55-49-51-23-21-39(54-49)35-8-7-22-50-29-35)52-46(63)34-16-14-33(15-17-34)30-57-24-26-58(27-25-57)45(62)12-5-3-2-4-11-43(60)53-40-10-6-9-37-38(40)31-59(48(37)65)42-19-20-44(61)56-47(42)64/h6-10,13-18,21-23,28-29,42H,2-5,11-12,19-20,24-27,30-31H2,1H3,(H,52,63)(H,53,60)(H,51,54,55)(H,56,61,64). The molecule has 0 spiro atoms. The number of benzene rings is 3. The number of anilines is 4. The van der Waals surface area contributed by atoms with E-state index >= 15 is 0 Å². The first-order chi connectivity index (χ1) is 31.6. The molecule has 1 unspecified atom stereocenters. The van der Waals surface area contributed by atoms with Gasteiger partial charge in [-0.1, -0.05) is 37.1 Å². The van der Waals surface area contributed by atoms with Crippen molar-refractivity contribution in [3.63, 3.8) is 0 Å². The second-order valence-electron chi connectivity index (χ2n) is 16.7. The van der Waals surface area contributed by atoms with Crippen LogP contribution in [0.3, 0.4) is 0 Å². The largest absolute Gasteiger partial charge is 0.340 e. The molecule has 4 N–H and O–H groups in total. The number of carbonyl (C=O) groups is 6. The normalized spacial score (nSPS) is 16.2. The topological polar surface area (TPSA) is 199 Å². The van der Waals surface area contributed by atoms with Gasteiger partial charge in [0.2, 0.25) is 29.6 Å². The third-order valence-electron chi connectivity index (χ3n) is 12.1. The van der Waals surface area contributed by atoms with Gasteiger partial charge in [0.15, 0.2) is 0 Å². The third kappa shape index (κ3) is 11.1. The summed E-state index contributed by atoms with van der Waals surface area (Å²) in [7, 11) is 0. The van der Waals surface area contributed by atoms with Crippen LogP contribution in [0, 0.1) is 6.92 Å². The summed E-state index contributed by atoms with van der Waals surface area (Å²) < 4.78 is 0. The van der Waals surface area contributed by atoms with E-state index in [-0.39, 0.29) is 48.9 Å². The molecule has 6 amide bonds. The van der Waals surface area contributed by atoms with Gasteiger partial charge in [-0.15, -0.1) is 0 Å². The number of nitrogens with zero attached hydrogens (tertiary/aromatic N) is 6. The lowest BCUT2D eigenvalue weighted by Crippen LogP contribution is -2.52. The van der Waals surface area contributed by atoms with Gasteiger partial charge in [-0.25, -0.2) is 9.97 Å². The quantitative estimate of drug-likeness (QED) is 0.0648. The van der Waals surface area contributed by atoms with Gasteiger partial charge in [0.25, 0.3) is 11.8 Å². The van der Waals surface area contributed by atoms with Gasteiger partial charge in [0, 0.05) is 116 Å². The molecule has 1 atom stereocenters. The summed E-state index contributed by atoms with van der Waals surface area (Å²) in [6.45, 7) is 5.73. The van der Waals surface area contributed by atoms with Crippen LogP contribution in [0.15, 0.2) is 97.5 Å². The van der Waals surface area contributed by atoms with Crippen molar-refractivity contribution in [1.29, 1.82) is 0 Å². The molecule has 2 fully saturated rings. The monoisotopic (exact) mass is 876 g/mol. The highest BCUT2D eigenvalue weighted by atomic mass is 16.2. The number of nitrogens with one attached hydrogen (secondary N) is 4. The van der Waals surface area contributed by atoms with Crippen molar-refractivity contribution in [3.8, 4) is 11.3 Å². The van der Waals surface area contributed by atoms with E-state index in [1.165, 1.54) is 4.90 Å². The molecule has 5 aromatic rings. The summed E-state index contributed by atoms with van der Waals surface area (Å²) in [5.41, 5.74) is 7.33. The molecular formula is C49H52N10O6. The van der Waals surface area contributed by atoms with Crippen LogP contribution in [-0.2, 0) is 32.3 Å². The molecule has 16 nitrogen and oxygen atoms in total. The molecule has 5 heterocycles. The van der Waals surface area contributed by atoms with E-state index in [4.69, 9.17) is 0 Å². The highest BCUT2D eigenvalue weighted by Crippen LogP contribution is 2.33. The molecular weight excluding hydrogens is 825 g/mol. The lowest BCUT2D eigenvalue weighted by Gasteiger charge is -2.35. The van der Waals surface area contributed by atoms with E-state index in [2.05, 4.69) is 41.1 Å². The zero-order chi connectivity index (χ0) is 45.3. The fraction of sp³-hybridized carbons (Fsp3) is 0.327. The van der Waals surface area contributed by atoms with E-state index < -0.39 is 11.9 Å². The van der Waals surface area contributed by atoms with Crippen LogP contribution in [0.1, 0.15) is 88.8 Å². The molecule has 16 heteroatoms. The molecule has 0 bridgehead atoms.